The standard InChI is InChI=1S/C17H24N4O5/c1-24-10-15(22)21-6-7-25-12-17(11-21)4-2-14(26-17)9-18-16(23)13-3-5-19-20-8-13/h3,5,8,14H,2,4,6-7,9-12H2,1H3,(H,18,23). The quantitative estimate of drug-likeness (QED) is 0.760. The number of methoxy groups -OCH3 is 1. The van der Waals surface area contributed by atoms with Gasteiger partial charge in [0.2, 0.25) is 5.91 Å². The first-order valence-electron chi connectivity index (χ1n) is 8.69. The normalized spacial score (nSPS) is 25.9. The fourth-order valence-corrected chi connectivity index (χ4v) is 3.33. The van der Waals surface area contributed by atoms with Gasteiger partial charge in [0.1, 0.15) is 12.2 Å². The van der Waals surface area contributed by atoms with Gasteiger partial charge < -0.3 is 24.4 Å². The lowest BCUT2D eigenvalue weighted by atomic mass is 10.00. The molecule has 1 N–H and O–H groups in total. The number of nitrogens with one attached hydrogen (secondary N) is 1. The van der Waals surface area contributed by atoms with Crippen LogP contribution in [-0.4, -0.2) is 85.2 Å². The SMILES string of the molecule is COCC(=O)N1CCOCC2(CCC(CNC(=O)c3ccnnc3)O2)C1. The number of hydrogen-bond acceptors (Lipinski definition) is 7. The lowest BCUT2D eigenvalue weighted by Crippen LogP contribution is -2.48. The molecule has 0 saturated carbocycles. The van der Waals surface area contributed by atoms with Gasteiger partial charge in [0, 0.05) is 20.2 Å². The molecule has 2 aliphatic heterocycles. The third kappa shape index (κ3) is 4.54. The predicted molar refractivity (Wildman–Crippen MR) is 90.5 cm³/mol. The molecule has 0 aliphatic carbocycles. The Bertz CT molecular complexity index is 629. The van der Waals surface area contributed by atoms with Crippen molar-refractivity contribution in [1.29, 1.82) is 0 Å². The van der Waals surface area contributed by atoms with Crippen LogP contribution in [0.25, 0.3) is 0 Å². The fraction of sp³-hybridized carbons (Fsp3) is 0.647. The number of hydrogen-bond donors (Lipinski definition) is 1. The lowest BCUT2D eigenvalue weighted by Gasteiger charge is -2.32. The Labute approximate surface area is 152 Å². The van der Waals surface area contributed by atoms with Crippen molar-refractivity contribution in [3.8, 4) is 0 Å². The number of nitrogens with zero attached hydrogens (tertiary/aromatic N) is 3. The number of ether oxygens (including phenoxy) is 3. The van der Waals surface area contributed by atoms with Gasteiger partial charge in [0.05, 0.1) is 43.8 Å². The third-order valence-corrected chi connectivity index (χ3v) is 4.65. The smallest absolute Gasteiger partial charge is 0.253 e. The minimum Gasteiger partial charge on any atom is -0.377 e. The highest BCUT2D eigenvalue weighted by Crippen LogP contribution is 2.32. The van der Waals surface area contributed by atoms with E-state index in [2.05, 4.69) is 15.5 Å². The Morgan fingerprint density at radius 1 is 1.46 bits per heavy atom. The van der Waals surface area contributed by atoms with Crippen LogP contribution in [0.4, 0.5) is 0 Å². The first kappa shape index (κ1) is 18.7. The van der Waals surface area contributed by atoms with Crippen LogP contribution in [0.2, 0.25) is 0 Å². The summed E-state index contributed by atoms with van der Waals surface area (Å²) in [5, 5.41) is 10.2. The van der Waals surface area contributed by atoms with Gasteiger partial charge in [-0.1, -0.05) is 0 Å². The average molecular weight is 364 g/mol. The van der Waals surface area contributed by atoms with Crippen LogP contribution in [0.15, 0.2) is 18.5 Å². The van der Waals surface area contributed by atoms with Gasteiger partial charge in [0.15, 0.2) is 0 Å². The topological polar surface area (TPSA) is 103 Å². The summed E-state index contributed by atoms with van der Waals surface area (Å²) in [6, 6.07) is 1.61. The Morgan fingerprint density at radius 2 is 2.35 bits per heavy atom. The molecule has 142 valence electrons. The molecule has 2 unspecified atom stereocenters. The summed E-state index contributed by atoms with van der Waals surface area (Å²) >= 11 is 0. The molecular formula is C17H24N4O5. The second-order valence-electron chi connectivity index (χ2n) is 6.60. The molecule has 2 amide bonds. The molecule has 0 aromatic carbocycles. The van der Waals surface area contributed by atoms with Gasteiger partial charge in [-0.05, 0) is 18.9 Å². The fourth-order valence-electron chi connectivity index (χ4n) is 3.33. The maximum Gasteiger partial charge on any atom is 0.253 e. The average Bonchev–Trinajstić information content (AvgIpc) is 2.93. The Kier molecular flexibility index (Phi) is 6.12. The van der Waals surface area contributed by atoms with E-state index < -0.39 is 5.60 Å². The number of aromatic nitrogens is 2. The highest BCUT2D eigenvalue weighted by molar-refractivity contribution is 5.93. The molecule has 3 rings (SSSR count). The number of rotatable bonds is 5. The minimum atomic E-state index is -0.520. The van der Waals surface area contributed by atoms with E-state index in [4.69, 9.17) is 14.2 Å². The Morgan fingerprint density at radius 3 is 3.12 bits per heavy atom. The van der Waals surface area contributed by atoms with E-state index >= 15 is 0 Å². The largest absolute Gasteiger partial charge is 0.377 e. The summed E-state index contributed by atoms with van der Waals surface area (Å²) in [7, 11) is 1.51. The first-order valence-corrected chi connectivity index (χ1v) is 8.69. The monoisotopic (exact) mass is 364 g/mol. The summed E-state index contributed by atoms with van der Waals surface area (Å²) in [6.45, 7) is 2.39. The van der Waals surface area contributed by atoms with Gasteiger partial charge in [-0.2, -0.15) is 10.2 Å². The zero-order valence-electron chi connectivity index (χ0n) is 14.8. The van der Waals surface area contributed by atoms with Gasteiger partial charge in [-0.15, -0.1) is 0 Å². The molecule has 3 heterocycles. The molecule has 1 spiro atoms. The lowest BCUT2D eigenvalue weighted by molar-refractivity contribution is -0.139. The highest BCUT2D eigenvalue weighted by atomic mass is 16.6. The van der Waals surface area contributed by atoms with Crippen LogP contribution in [-0.2, 0) is 19.0 Å². The third-order valence-electron chi connectivity index (χ3n) is 4.65. The van der Waals surface area contributed by atoms with Crippen LogP contribution in [0.5, 0.6) is 0 Å². The van der Waals surface area contributed by atoms with E-state index in [1.807, 2.05) is 0 Å². The van der Waals surface area contributed by atoms with Crippen molar-refractivity contribution in [2.24, 2.45) is 0 Å². The van der Waals surface area contributed by atoms with Crippen LogP contribution < -0.4 is 5.32 Å². The molecule has 9 nitrogen and oxygen atoms in total. The molecule has 26 heavy (non-hydrogen) atoms. The molecule has 1 aromatic rings. The molecule has 0 bridgehead atoms. The number of carbonyl (C=O) groups excluding carboxylic acids is 2. The predicted octanol–water partition coefficient (Wildman–Crippen LogP) is -0.371. The molecule has 9 heteroatoms. The molecular weight excluding hydrogens is 340 g/mol. The molecule has 2 saturated heterocycles. The first-order chi connectivity index (χ1) is 12.6. The highest BCUT2D eigenvalue weighted by Gasteiger charge is 2.44. The summed E-state index contributed by atoms with van der Waals surface area (Å²) in [5.74, 6) is -0.276. The number of amides is 2. The molecule has 2 fully saturated rings. The van der Waals surface area contributed by atoms with Crippen molar-refractivity contribution < 1.29 is 23.8 Å². The Hall–Kier alpha value is -2.10. The van der Waals surface area contributed by atoms with E-state index in [1.54, 1.807) is 11.0 Å². The van der Waals surface area contributed by atoms with Crippen molar-refractivity contribution in [2.75, 3.05) is 46.6 Å². The second kappa shape index (κ2) is 8.52. The second-order valence-corrected chi connectivity index (χ2v) is 6.60. The van der Waals surface area contributed by atoms with Crippen LogP contribution in [0.3, 0.4) is 0 Å². The van der Waals surface area contributed by atoms with Crippen molar-refractivity contribution in [2.45, 2.75) is 24.5 Å². The van der Waals surface area contributed by atoms with Gasteiger partial charge in [-0.3, -0.25) is 9.59 Å². The summed E-state index contributed by atoms with van der Waals surface area (Å²) in [4.78, 5) is 26.0. The molecule has 0 radical (unpaired) electrons. The van der Waals surface area contributed by atoms with Crippen molar-refractivity contribution in [3.63, 3.8) is 0 Å². The van der Waals surface area contributed by atoms with Crippen LogP contribution >= 0.6 is 0 Å². The number of carbonyl (C=O) groups is 2. The summed E-state index contributed by atoms with van der Waals surface area (Å²) in [5.41, 5.74) is -0.0603. The van der Waals surface area contributed by atoms with E-state index in [9.17, 15) is 9.59 Å². The van der Waals surface area contributed by atoms with E-state index in [0.717, 1.165) is 12.8 Å². The van der Waals surface area contributed by atoms with Crippen molar-refractivity contribution in [3.05, 3.63) is 24.0 Å². The van der Waals surface area contributed by atoms with Gasteiger partial charge in [0.25, 0.3) is 5.91 Å². The molecule has 2 atom stereocenters. The summed E-state index contributed by atoms with van der Waals surface area (Å²) in [6.07, 6.45) is 4.36. The van der Waals surface area contributed by atoms with E-state index in [0.29, 0.717) is 38.4 Å². The zero-order chi connectivity index (χ0) is 18.4. The maximum atomic E-state index is 12.2. The van der Waals surface area contributed by atoms with Crippen LogP contribution in [0.1, 0.15) is 23.2 Å². The van der Waals surface area contributed by atoms with Crippen molar-refractivity contribution >= 4 is 11.8 Å². The van der Waals surface area contributed by atoms with Gasteiger partial charge in [-0.25, -0.2) is 0 Å². The van der Waals surface area contributed by atoms with Crippen molar-refractivity contribution in [1.82, 2.24) is 20.4 Å². The van der Waals surface area contributed by atoms with E-state index in [1.165, 1.54) is 19.5 Å². The zero-order valence-corrected chi connectivity index (χ0v) is 14.8. The maximum absolute atomic E-state index is 12.2. The van der Waals surface area contributed by atoms with Crippen LogP contribution in [0, 0.1) is 0 Å². The molecule has 2 aliphatic rings. The molecule has 1 aromatic heterocycles. The van der Waals surface area contributed by atoms with E-state index in [-0.39, 0.29) is 24.5 Å². The summed E-state index contributed by atoms with van der Waals surface area (Å²) < 4.78 is 16.8. The Balaban J connectivity index is 1.54. The van der Waals surface area contributed by atoms with Gasteiger partial charge >= 0.3 is 0 Å². The minimum absolute atomic E-state index is 0.0511.